The Kier molecular flexibility index (Phi) is 6.97. The summed E-state index contributed by atoms with van der Waals surface area (Å²) in [4.78, 5) is 34.1. The van der Waals surface area contributed by atoms with Gasteiger partial charge in [-0.15, -0.1) is 0 Å². The molecule has 0 unspecified atom stereocenters. The number of hydrogen-bond donors (Lipinski definition) is 1. The third-order valence-corrected chi connectivity index (χ3v) is 5.04. The molecule has 8 heteroatoms. The number of hydrogen-bond acceptors (Lipinski definition) is 5. The molecule has 2 aromatic carbocycles. The standard InChI is InChI=1S/C23H24ClN3O4/c1-14(2)27(13-20-25-18-8-6-5-7-16(18)23(29)26-20)21(28)10-9-15-11-17(24)22(31-4)19(12-15)30-3/h5-12,14H,13H2,1-4H3,(H,25,26,29)/b10-9+. The molecule has 1 aromatic heterocycles. The van der Waals surface area contributed by atoms with Crippen LogP contribution >= 0.6 is 11.6 Å². The van der Waals surface area contributed by atoms with Crippen molar-refractivity contribution in [2.24, 2.45) is 0 Å². The molecule has 162 valence electrons. The first-order chi connectivity index (χ1) is 14.8. The predicted octanol–water partition coefficient (Wildman–Crippen LogP) is 4.04. The first-order valence-electron chi connectivity index (χ1n) is 9.72. The Morgan fingerprint density at radius 3 is 2.65 bits per heavy atom. The van der Waals surface area contributed by atoms with Crippen LogP contribution in [0.4, 0.5) is 0 Å². The highest BCUT2D eigenvalue weighted by molar-refractivity contribution is 6.32. The van der Waals surface area contributed by atoms with Gasteiger partial charge in [-0.25, -0.2) is 4.98 Å². The first-order valence-corrected chi connectivity index (χ1v) is 10.1. The van der Waals surface area contributed by atoms with Crippen molar-refractivity contribution < 1.29 is 14.3 Å². The lowest BCUT2D eigenvalue weighted by molar-refractivity contribution is -0.128. The molecule has 0 atom stereocenters. The van der Waals surface area contributed by atoms with Gasteiger partial charge in [0.2, 0.25) is 5.91 Å². The summed E-state index contributed by atoms with van der Waals surface area (Å²) in [5.41, 5.74) is 1.05. The van der Waals surface area contributed by atoms with Crippen LogP contribution in [0.5, 0.6) is 11.5 Å². The fraction of sp³-hybridized carbons (Fsp3) is 0.261. The van der Waals surface area contributed by atoms with E-state index in [1.54, 1.807) is 41.3 Å². The minimum atomic E-state index is -0.229. The molecule has 0 saturated carbocycles. The first kappa shape index (κ1) is 22.4. The van der Waals surface area contributed by atoms with Crippen molar-refractivity contribution >= 4 is 34.5 Å². The smallest absolute Gasteiger partial charge is 0.258 e. The van der Waals surface area contributed by atoms with Crippen molar-refractivity contribution in [3.63, 3.8) is 0 Å². The van der Waals surface area contributed by atoms with E-state index in [-0.39, 0.29) is 24.1 Å². The van der Waals surface area contributed by atoms with Crippen molar-refractivity contribution in [3.8, 4) is 11.5 Å². The van der Waals surface area contributed by atoms with E-state index in [0.717, 1.165) is 0 Å². The molecule has 1 amide bonds. The minimum Gasteiger partial charge on any atom is -0.493 e. The van der Waals surface area contributed by atoms with Gasteiger partial charge in [-0.05, 0) is 49.8 Å². The van der Waals surface area contributed by atoms with Crippen LogP contribution in [-0.4, -0.2) is 41.0 Å². The lowest BCUT2D eigenvalue weighted by Gasteiger charge is -2.25. The molecule has 1 N–H and O–H groups in total. The third-order valence-electron chi connectivity index (χ3n) is 4.76. The van der Waals surface area contributed by atoms with E-state index in [1.165, 1.54) is 20.3 Å². The van der Waals surface area contributed by atoms with E-state index in [4.69, 9.17) is 21.1 Å². The second-order valence-electron chi connectivity index (χ2n) is 7.16. The molecule has 0 spiro atoms. The van der Waals surface area contributed by atoms with Crippen molar-refractivity contribution in [1.29, 1.82) is 0 Å². The Balaban J connectivity index is 1.85. The molecule has 0 aliphatic carbocycles. The zero-order valence-corrected chi connectivity index (χ0v) is 18.6. The predicted molar refractivity (Wildman–Crippen MR) is 122 cm³/mol. The monoisotopic (exact) mass is 441 g/mol. The molecule has 0 aliphatic heterocycles. The molecule has 0 fully saturated rings. The zero-order chi connectivity index (χ0) is 22.5. The van der Waals surface area contributed by atoms with Gasteiger partial charge < -0.3 is 19.4 Å². The van der Waals surface area contributed by atoms with E-state index in [2.05, 4.69) is 9.97 Å². The maximum atomic E-state index is 12.9. The van der Waals surface area contributed by atoms with E-state index < -0.39 is 0 Å². The lowest BCUT2D eigenvalue weighted by atomic mass is 10.1. The zero-order valence-electron chi connectivity index (χ0n) is 17.8. The summed E-state index contributed by atoms with van der Waals surface area (Å²) in [6.45, 7) is 3.98. The number of methoxy groups -OCH3 is 2. The summed E-state index contributed by atoms with van der Waals surface area (Å²) >= 11 is 6.24. The highest BCUT2D eigenvalue weighted by atomic mass is 35.5. The molecule has 31 heavy (non-hydrogen) atoms. The van der Waals surface area contributed by atoms with Gasteiger partial charge in [0.15, 0.2) is 11.5 Å². The molecule has 0 saturated heterocycles. The van der Waals surface area contributed by atoms with Crippen LogP contribution in [0, 0.1) is 0 Å². The fourth-order valence-corrected chi connectivity index (χ4v) is 3.48. The number of aromatic nitrogens is 2. The van der Waals surface area contributed by atoms with Crippen LogP contribution in [0.25, 0.3) is 17.0 Å². The molecule has 1 heterocycles. The fourth-order valence-electron chi connectivity index (χ4n) is 3.18. The molecule has 3 rings (SSSR count). The summed E-state index contributed by atoms with van der Waals surface area (Å²) in [7, 11) is 3.03. The average molecular weight is 442 g/mol. The number of H-pyrrole nitrogens is 1. The highest BCUT2D eigenvalue weighted by Crippen LogP contribution is 2.36. The molecule has 3 aromatic rings. The number of nitrogens with zero attached hydrogens (tertiary/aromatic N) is 2. The summed E-state index contributed by atoms with van der Waals surface area (Å²) in [5, 5.41) is 0.895. The van der Waals surface area contributed by atoms with Gasteiger partial charge in [-0.2, -0.15) is 0 Å². The van der Waals surface area contributed by atoms with E-state index in [0.29, 0.717) is 38.8 Å². The molecule has 0 bridgehead atoms. The Morgan fingerprint density at radius 1 is 1.23 bits per heavy atom. The van der Waals surface area contributed by atoms with Crippen molar-refractivity contribution in [2.75, 3.05) is 14.2 Å². The number of halogens is 1. The number of carbonyl (C=O) groups excluding carboxylic acids is 1. The minimum absolute atomic E-state index is 0.108. The van der Waals surface area contributed by atoms with Gasteiger partial charge in [0.1, 0.15) is 5.82 Å². The van der Waals surface area contributed by atoms with Crippen molar-refractivity contribution in [2.45, 2.75) is 26.4 Å². The van der Waals surface area contributed by atoms with Crippen LogP contribution < -0.4 is 15.0 Å². The Bertz CT molecular complexity index is 1190. The number of rotatable bonds is 7. The van der Waals surface area contributed by atoms with Gasteiger partial charge in [-0.1, -0.05) is 23.7 Å². The topological polar surface area (TPSA) is 84.5 Å². The molecule has 7 nitrogen and oxygen atoms in total. The van der Waals surface area contributed by atoms with E-state index in [9.17, 15) is 9.59 Å². The number of nitrogens with one attached hydrogen (secondary N) is 1. The molecular weight excluding hydrogens is 418 g/mol. The van der Waals surface area contributed by atoms with Crippen LogP contribution in [-0.2, 0) is 11.3 Å². The van der Waals surface area contributed by atoms with Crippen LogP contribution in [0.1, 0.15) is 25.2 Å². The SMILES string of the molecule is COc1cc(/C=C/C(=O)N(Cc2nc3ccccc3c(=O)[nH]2)C(C)C)cc(Cl)c1OC. The maximum Gasteiger partial charge on any atom is 0.258 e. The number of fused-ring (bicyclic) bond motifs is 1. The number of amides is 1. The maximum absolute atomic E-state index is 12.9. The Morgan fingerprint density at radius 2 is 1.97 bits per heavy atom. The Hall–Kier alpha value is -3.32. The third kappa shape index (κ3) is 5.06. The normalized spacial score (nSPS) is 11.3. The van der Waals surface area contributed by atoms with Gasteiger partial charge in [-0.3, -0.25) is 9.59 Å². The van der Waals surface area contributed by atoms with Crippen molar-refractivity contribution in [1.82, 2.24) is 14.9 Å². The number of benzene rings is 2. The molecule has 0 aliphatic rings. The van der Waals surface area contributed by atoms with Gasteiger partial charge in [0.05, 0.1) is 36.7 Å². The Labute approximate surface area is 185 Å². The van der Waals surface area contributed by atoms with Gasteiger partial charge >= 0.3 is 0 Å². The van der Waals surface area contributed by atoms with Crippen LogP contribution in [0.3, 0.4) is 0 Å². The van der Waals surface area contributed by atoms with E-state index >= 15 is 0 Å². The number of carbonyl (C=O) groups is 1. The summed E-state index contributed by atoms with van der Waals surface area (Å²) in [6, 6.07) is 10.4. The summed E-state index contributed by atoms with van der Waals surface area (Å²) in [6.07, 6.45) is 3.11. The summed E-state index contributed by atoms with van der Waals surface area (Å²) < 4.78 is 10.5. The number of para-hydroxylation sites is 1. The van der Waals surface area contributed by atoms with E-state index in [1.807, 2.05) is 19.9 Å². The van der Waals surface area contributed by atoms with Crippen LogP contribution in [0.15, 0.2) is 47.3 Å². The number of aromatic amines is 1. The second-order valence-corrected chi connectivity index (χ2v) is 7.57. The number of ether oxygens (including phenoxy) is 2. The lowest BCUT2D eigenvalue weighted by Crippen LogP contribution is -2.36. The highest BCUT2D eigenvalue weighted by Gasteiger charge is 2.17. The second kappa shape index (κ2) is 9.66. The quantitative estimate of drug-likeness (QED) is 0.559. The van der Waals surface area contributed by atoms with Gasteiger partial charge in [0.25, 0.3) is 5.56 Å². The molecular formula is C23H24ClN3O4. The average Bonchev–Trinajstić information content (AvgIpc) is 2.75. The molecule has 0 radical (unpaired) electrons. The van der Waals surface area contributed by atoms with Crippen LogP contribution in [0.2, 0.25) is 5.02 Å². The summed E-state index contributed by atoms with van der Waals surface area (Å²) in [5.74, 6) is 1.11. The van der Waals surface area contributed by atoms with Crippen molar-refractivity contribution in [3.05, 3.63) is 69.2 Å². The van der Waals surface area contributed by atoms with Gasteiger partial charge in [0, 0.05) is 12.1 Å². The largest absolute Gasteiger partial charge is 0.493 e.